The number of nitrogens with zero attached hydrogens (tertiary/aromatic N) is 3. The molecule has 2 aliphatic heterocycles. The van der Waals surface area contributed by atoms with Crippen LogP contribution < -0.4 is 5.32 Å². The second-order valence-electron chi connectivity index (χ2n) is 7.16. The Labute approximate surface area is 186 Å². The van der Waals surface area contributed by atoms with E-state index < -0.39 is 15.5 Å². The third-order valence-electron chi connectivity index (χ3n) is 5.40. The van der Waals surface area contributed by atoms with Crippen molar-refractivity contribution in [1.29, 1.82) is 0 Å². The highest BCUT2D eigenvalue weighted by atomic mass is 127. The molecule has 1 N–H and O–H groups in total. The van der Waals surface area contributed by atoms with Crippen molar-refractivity contribution in [2.24, 2.45) is 10.9 Å². The minimum Gasteiger partial charge on any atom is -0.356 e. The zero-order valence-electron chi connectivity index (χ0n) is 16.2. The van der Waals surface area contributed by atoms with Gasteiger partial charge in [-0.25, -0.2) is 8.42 Å². The lowest BCUT2D eigenvalue weighted by molar-refractivity contribution is -0.0496. The molecule has 1 fully saturated rings. The van der Waals surface area contributed by atoms with Gasteiger partial charge in [-0.05, 0) is 36.3 Å². The minimum atomic E-state index is -5.23. The van der Waals surface area contributed by atoms with Gasteiger partial charge in [0.1, 0.15) is 0 Å². The molecule has 29 heavy (non-hydrogen) atoms. The molecule has 0 aromatic heterocycles. The fourth-order valence-electron chi connectivity index (χ4n) is 3.74. The molecule has 2 heterocycles. The van der Waals surface area contributed by atoms with Crippen molar-refractivity contribution in [3.8, 4) is 0 Å². The lowest BCUT2D eigenvalue weighted by Gasteiger charge is -2.34. The summed E-state index contributed by atoms with van der Waals surface area (Å²) in [5, 5.41) is 3.31. The number of rotatable bonds is 3. The Bertz CT molecular complexity index is 825. The Kier molecular flexibility index (Phi) is 8.19. The van der Waals surface area contributed by atoms with E-state index in [1.165, 1.54) is 11.1 Å². The largest absolute Gasteiger partial charge is 0.511 e. The Morgan fingerprint density at radius 1 is 1.17 bits per heavy atom. The molecule has 0 radical (unpaired) electrons. The lowest BCUT2D eigenvalue weighted by Crippen LogP contribution is -2.48. The highest BCUT2D eigenvalue weighted by molar-refractivity contribution is 14.0. The van der Waals surface area contributed by atoms with E-state index in [1.807, 2.05) is 12.1 Å². The van der Waals surface area contributed by atoms with Crippen molar-refractivity contribution in [1.82, 2.24) is 14.5 Å². The first-order valence-electron chi connectivity index (χ1n) is 9.31. The van der Waals surface area contributed by atoms with Crippen molar-refractivity contribution >= 4 is 40.0 Å². The summed E-state index contributed by atoms with van der Waals surface area (Å²) >= 11 is 0. The van der Waals surface area contributed by atoms with Gasteiger partial charge in [0.15, 0.2) is 5.96 Å². The van der Waals surface area contributed by atoms with Gasteiger partial charge < -0.3 is 10.2 Å². The topological polar surface area (TPSA) is 65.0 Å². The number of hydrogen-bond donors (Lipinski definition) is 1. The number of guanidine groups is 1. The van der Waals surface area contributed by atoms with E-state index in [-0.39, 0.29) is 43.0 Å². The number of benzene rings is 1. The van der Waals surface area contributed by atoms with Crippen molar-refractivity contribution < 1.29 is 21.6 Å². The molecule has 11 heteroatoms. The summed E-state index contributed by atoms with van der Waals surface area (Å²) in [6.07, 6.45) is 1.72. The van der Waals surface area contributed by atoms with Crippen LogP contribution in [0.15, 0.2) is 29.3 Å². The van der Waals surface area contributed by atoms with Gasteiger partial charge in [-0.1, -0.05) is 24.3 Å². The Hall–Kier alpha value is -1.08. The predicted octanol–water partition coefficient (Wildman–Crippen LogP) is 2.80. The summed E-state index contributed by atoms with van der Waals surface area (Å²) in [6, 6.07) is 8.28. The summed E-state index contributed by atoms with van der Waals surface area (Å²) < 4.78 is 61.5. The van der Waals surface area contributed by atoms with Crippen LogP contribution in [0.1, 0.15) is 24.0 Å². The van der Waals surface area contributed by atoms with E-state index in [9.17, 15) is 21.6 Å². The van der Waals surface area contributed by atoms with Crippen molar-refractivity contribution in [3.05, 3.63) is 35.4 Å². The molecule has 6 nitrogen and oxygen atoms in total. The number of piperidine rings is 1. The number of halogens is 4. The van der Waals surface area contributed by atoms with Gasteiger partial charge in [0.2, 0.25) is 0 Å². The van der Waals surface area contributed by atoms with Gasteiger partial charge in [-0.15, -0.1) is 24.0 Å². The van der Waals surface area contributed by atoms with E-state index >= 15 is 0 Å². The molecule has 1 aromatic carbocycles. The third-order valence-corrected chi connectivity index (χ3v) is 7.03. The van der Waals surface area contributed by atoms with Crippen LogP contribution in [0, 0.1) is 5.92 Å². The molecular weight excluding hydrogens is 520 g/mol. The summed E-state index contributed by atoms with van der Waals surface area (Å²) in [5.74, 6) is 0.869. The molecule has 164 valence electrons. The average molecular weight is 546 g/mol. The molecule has 2 aliphatic rings. The van der Waals surface area contributed by atoms with Gasteiger partial charge in [0.25, 0.3) is 0 Å². The molecule has 0 amide bonds. The normalized spacial score (nSPS) is 19.4. The fourth-order valence-corrected chi connectivity index (χ4v) is 4.73. The summed E-state index contributed by atoms with van der Waals surface area (Å²) in [7, 11) is -3.51. The Morgan fingerprint density at radius 2 is 1.79 bits per heavy atom. The monoisotopic (exact) mass is 546 g/mol. The van der Waals surface area contributed by atoms with Crippen molar-refractivity contribution in [2.45, 2.75) is 31.3 Å². The smallest absolute Gasteiger partial charge is 0.356 e. The van der Waals surface area contributed by atoms with Gasteiger partial charge in [0, 0.05) is 39.8 Å². The fraction of sp³-hybridized carbons (Fsp3) is 0.611. The van der Waals surface area contributed by atoms with Crippen LogP contribution in [0.3, 0.4) is 0 Å². The molecule has 0 aliphatic carbocycles. The molecule has 0 bridgehead atoms. The summed E-state index contributed by atoms with van der Waals surface area (Å²) in [6.45, 7) is 1.95. The third kappa shape index (κ3) is 5.54. The van der Waals surface area contributed by atoms with E-state index in [0.717, 1.165) is 25.5 Å². The van der Waals surface area contributed by atoms with Gasteiger partial charge in [0.05, 0.1) is 0 Å². The maximum absolute atomic E-state index is 12.7. The summed E-state index contributed by atoms with van der Waals surface area (Å²) in [4.78, 5) is 6.49. The van der Waals surface area contributed by atoms with Crippen LogP contribution in [0.2, 0.25) is 0 Å². The molecule has 3 rings (SSSR count). The van der Waals surface area contributed by atoms with E-state index in [1.54, 1.807) is 7.05 Å². The second kappa shape index (κ2) is 9.82. The minimum absolute atomic E-state index is 0. The van der Waals surface area contributed by atoms with E-state index in [0.29, 0.717) is 23.7 Å². The molecular formula is C18H26F3IN4O2S. The van der Waals surface area contributed by atoms with Gasteiger partial charge in [-0.2, -0.15) is 17.5 Å². The quantitative estimate of drug-likeness (QED) is 0.360. The predicted molar refractivity (Wildman–Crippen MR) is 117 cm³/mol. The Balaban J connectivity index is 0.00000300. The average Bonchev–Trinajstić information content (AvgIpc) is 2.68. The Morgan fingerprint density at radius 3 is 2.38 bits per heavy atom. The SMILES string of the molecule is CN=C(NCC1CCN(S(=O)(=O)C(F)(F)F)CC1)N1CCc2ccccc2C1.I. The van der Waals surface area contributed by atoms with E-state index in [4.69, 9.17) is 0 Å². The van der Waals surface area contributed by atoms with Crippen molar-refractivity contribution in [3.63, 3.8) is 0 Å². The first kappa shape index (κ1) is 24.2. The lowest BCUT2D eigenvalue weighted by atomic mass is 9.98. The van der Waals surface area contributed by atoms with Gasteiger partial charge in [-0.3, -0.25) is 4.99 Å². The van der Waals surface area contributed by atoms with Gasteiger partial charge >= 0.3 is 15.5 Å². The number of alkyl halides is 3. The molecule has 0 unspecified atom stereocenters. The van der Waals surface area contributed by atoms with E-state index in [2.05, 4.69) is 27.3 Å². The molecule has 0 spiro atoms. The zero-order chi connectivity index (χ0) is 20.4. The number of fused-ring (bicyclic) bond motifs is 1. The highest BCUT2D eigenvalue weighted by Crippen LogP contribution is 2.30. The summed E-state index contributed by atoms with van der Waals surface area (Å²) in [5.41, 5.74) is -2.63. The van der Waals surface area contributed by atoms with Crippen molar-refractivity contribution in [2.75, 3.05) is 33.2 Å². The standard InChI is InChI=1S/C18H25F3N4O2S.HI/c1-22-17(24-9-8-15-4-2-3-5-16(15)13-24)23-12-14-6-10-25(11-7-14)28(26,27)18(19,20)21;/h2-5,14H,6-13H2,1H3,(H,22,23);1H. The number of sulfonamides is 1. The van der Waals surface area contributed by atoms with Crippen LogP contribution in [0.25, 0.3) is 0 Å². The maximum Gasteiger partial charge on any atom is 0.511 e. The molecule has 1 aromatic rings. The van der Waals surface area contributed by atoms with Crippen LogP contribution in [0.4, 0.5) is 13.2 Å². The van der Waals surface area contributed by atoms with Crippen LogP contribution in [-0.4, -0.2) is 62.3 Å². The number of aliphatic imine (C=N–C) groups is 1. The molecule has 1 saturated heterocycles. The highest BCUT2D eigenvalue weighted by Gasteiger charge is 2.50. The first-order chi connectivity index (χ1) is 13.2. The van der Waals surface area contributed by atoms with Crippen LogP contribution >= 0.6 is 24.0 Å². The number of nitrogens with one attached hydrogen (secondary N) is 1. The zero-order valence-corrected chi connectivity index (χ0v) is 19.3. The second-order valence-corrected chi connectivity index (χ2v) is 9.09. The van der Waals surface area contributed by atoms with Crippen LogP contribution in [0.5, 0.6) is 0 Å². The maximum atomic E-state index is 12.7. The number of hydrogen-bond acceptors (Lipinski definition) is 3. The first-order valence-corrected chi connectivity index (χ1v) is 10.7. The molecule has 0 saturated carbocycles. The molecule has 0 atom stereocenters. The van der Waals surface area contributed by atoms with Crippen LogP contribution in [-0.2, 0) is 23.0 Å².